The molecule has 43 heavy (non-hydrogen) atoms. The number of piperazine rings is 1. The third-order valence-corrected chi connectivity index (χ3v) is 9.74. The third-order valence-electron chi connectivity index (χ3n) is 8.93. The van der Waals surface area contributed by atoms with Crippen LogP contribution in [0.25, 0.3) is 11.1 Å². The summed E-state index contributed by atoms with van der Waals surface area (Å²) in [5.74, 6) is 0.437. The molecule has 1 N–H and O–H groups in total. The average molecular weight is 618 g/mol. The smallest absolute Gasteiger partial charge is 0.163 e. The summed E-state index contributed by atoms with van der Waals surface area (Å²) in [6, 6.07) is 25.1. The number of carbonyl (C=O) groups is 1. The Labute approximate surface area is 262 Å². The number of Topliss-reactive ketones (excluding diaryl/α,β-unsaturated/α-hetero) is 1. The Morgan fingerprint density at radius 3 is 2.40 bits per heavy atom. The molecule has 0 spiro atoms. The molecule has 0 aromatic heterocycles. The molecule has 1 saturated heterocycles. The molecule has 1 aliphatic carbocycles. The van der Waals surface area contributed by atoms with Crippen LogP contribution in [0.2, 0.25) is 10.0 Å². The first-order chi connectivity index (χ1) is 20.9. The van der Waals surface area contributed by atoms with E-state index in [2.05, 4.69) is 9.80 Å². The van der Waals surface area contributed by atoms with Gasteiger partial charge in [-0.05, 0) is 53.4 Å². The van der Waals surface area contributed by atoms with Crippen LogP contribution >= 0.6 is 23.2 Å². The summed E-state index contributed by atoms with van der Waals surface area (Å²) in [7, 11) is 0. The number of benzene rings is 4. The van der Waals surface area contributed by atoms with Crippen LogP contribution in [0.4, 0.5) is 10.1 Å². The molecule has 0 radical (unpaired) electrons. The minimum Gasteiger partial charge on any atom is -0.508 e. The van der Waals surface area contributed by atoms with Crippen LogP contribution in [0.1, 0.15) is 59.6 Å². The van der Waals surface area contributed by atoms with Gasteiger partial charge in [-0.3, -0.25) is 9.69 Å². The molecule has 0 amide bonds. The van der Waals surface area contributed by atoms with E-state index >= 15 is 0 Å². The van der Waals surface area contributed by atoms with Crippen molar-refractivity contribution in [2.24, 2.45) is 5.92 Å². The number of halogens is 3. The van der Waals surface area contributed by atoms with E-state index in [9.17, 15) is 14.3 Å². The summed E-state index contributed by atoms with van der Waals surface area (Å²) in [5, 5.41) is 12.3. The molecule has 1 aliphatic heterocycles. The second-order valence-electron chi connectivity index (χ2n) is 11.7. The second kappa shape index (κ2) is 13.1. The van der Waals surface area contributed by atoms with Crippen LogP contribution < -0.4 is 4.90 Å². The van der Waals surface area contributed by atoms with Crippen molar-refractivity contribution in [3.05, 3.63) is 117 Å². The molecule has 1 saturated carbocycles. The monoisotopic (exact) mass is 616 g/mol. The number of phenols is 1. The zero-order valence-corrected chi connectivity index (χ0v) is 25.5. The Bertz CT molecular complexity index is 1610. The van der Waals surface area contributed by atoms with E-state index in [-0.39, 0.29) is 23.4 Å². The molecule has 7 heteroatoms. The highest BCUT2D eigenvalue weighted by molar-refractivity contribution is 6.43. The van der Waals surface area contributed by atoms with Crippen molar-refractivity contribution in [3.63, 3.8) is 0 Å². The minimum absolute atomic E-state index is 0.132. The Balaban J connectivity index is 1.36. The van der Waals surface area contributed by atoms with E-state index in [0.717, 1.165) is 24.1 Å². The number of phenolic OH excluding ortho intramolecular Hbond substituents is 1. The van der Waals surface area contributed by atoms with E-state index in [4.69, 9.17) is 23.2 Å². The topological polar surface area (TPSA) is 43.8 Å². The van der Waals surface area contributed by atoms with Crippen molar-refractivity contribution < 1.29 is 14.3 Å². The first-order valence-corrected chi connectivity index (χ1v) is 15.8. The molecule has 1 unspecified atom stereocenters. The Morgan fingerprint density at radius 1 is 0.884 bits per heavy atom. The normalized spacial score (nSPS) is 16.9. The number of nitrogens with zero attached hydrogens (tertiary/aromatic N) is 2. The van der Waals surface area contributed by atoms with Gasteiger partial charge >= 0.3 is 0 Å². The zero-order valence-electron chi connectivity index (χ0n) is 24.0. The number of ketones is 1. The van der Waals surface area contributed by atoms with Crippen LogP contribution in [-0.2, 0) is 0 Å². The summed E-state index contributed by atoms with van der Waals surface area (Å²) in [5.41, 5.74) is 4.36. The SMILES string of the molecule is O=C(CC1CCCC1)c1cccc(C(c2cc(-c3ccccc3F)ccc2O)N2CCN(c3cccc(Cl)c3Cl)CC2)c1. The first kappa shape index (κ1) is 29.7. The van der Waals surface area contributed by atoms with Crippen molar-refractivity contribution in [2.75, 3.05) is 31.1 Å². The van der Waals surface area contributed by atoms with Crippen molar-refractivity contribution in [3.8, 4) is 16.9 Å². The minimum atomic E-state index is -0.345. The van der Waals surface area contributed by atoms with Gasteiger partial charge in [0, 0.05) is 49.3 Å². The van der Waals surface area contributed by atoms with E-state index in [1.165, 1.54) is 18.9 Å². The number of hydrogen-bond donors (Lipinski definition) is 1. The van der Waals surface area contributed by atoms with Crippen LogP contribution in [-0.4, -0.2) is 42.0 Å². The van der Waals surface area contributed by atoms with Gasteiger partial charge in [0.1, 0.15) is 11.6 Å². The van der Waals surface area contributed by atoms with Crippen LogP contribution in [0.5, 0.6) is 5.75 Å². The molecule has 4 aromatic carbocycles. The quantitative estimate of drug-likeness (QED) is 0.200. The summed E-state index contributed by atoms with van der Waals surface area (Å²) in [6.07, 6.45) is 5.20. The molecule has 222 valence electrons. The summed E-state index contributed by atoms with van der Waals surface area (Å²) in [6.45, 7) is 2.75. The number of aromatic hydroxyl groups is 1. The molecule has 2 aliphatic rings. The van der Waals surface area contributed by atoms with Gasteiger partial charge in [0.05, 0.1) is 21.8 Å². The van der Waals surface area contributed by atoms with Gasteiger partial charge in [0.25, 0.3) is 0 Å². The number of rotatable bonds is 8. The maximum absolute atomic E-state index is 14.8. The number of carbonyl (C=O) groups excluding carboxylic acids is 1. The largest absolute Gasteiger partial charge is 0.508 e. The predicted molar refractivity (Wildman–Crippen MR) is 173 cm³/mol. The van der Waals surface area contributed by atoms with Gasteiger partial charge in [-0.1, -0.05) is 97.4 Å². The van der Waals surface area contributed by atoms with Gasteiger partial charge in [-0.25, -0.2) is 4.39 Å². The third kappa shape index (κ3) is 6.45. The molecule has 4 aromatic rings. The first-order valence-electron chi connectivity index (χ1n) is 15.0. The molecule has 0 bridgehead atoms. The Hall–Kier alpha value is -3.38. The fourth-order valence-corrected chi connectivity index (χ4v) is 7.07. The highest BCUT2D eigenvalue weighted by Crippen LogP contribution is 2.40. The van der Waals surface area contributed by atoms with Gasteiger partial charge in [0.2, 0.25) is 0 Å². The van der Waals surface area contributed by atoms with Crippen LogP contribution in [0, 0.1) is 11.7 Å². The van der Waals surface area contributed by atoms with Gasteiger partial charge in [-0.15, -0.1) is 0 Å². The zero-order chi connectivity index (χ0) is 29.9. The summed E-state index contributed by atoms with van der Waals surface area (Å²) >= 11 is 12.9. The van der Waals surface area contributed by atoms with Crippen LogP contribution in [0.3, 0.4) is 0 Å². The maximum atomic E-state index is 14.8. The Kier molecular flexibility index (Phi) is 9.03. The second-order valence-corrected chi connectivity index (χ2v) is 12.4. The van der Waals surface area contributed by atoms with Gasteiger partial charge in [-0.2, -0.15) is 0 Å². The number of anilines is 1. The van der Waals surface area contributed by atoms with Gasteiger partial charge in [0.15, 0.2) is 5.78 Å². The van der Waals surface area contributed by atoms with Crippen molar-refractivity contribution in [1.82, 2.24) is 4.90 Å². The fraction of sp³-hybridized carbons (Fsp3) is 0.306. The standard InChI is InChI=1S/C36H35Cl2FN2O2/c37-30-12-6-14-32(35(30)38)40-17-19-41(20-18-40)36(27-10-5-9-26(22-27)34(43)21-24-7-1-2-8-24)29-23-25(15-16-33(29)42)28-11-3-4-13-31(28)39/h3-6,9-16,22-24,36,42H,1-2,7-8,17-21H2. The molecule has 1 heterocycles. The lowest BCUT2D eigenvalue weighted by Crippen LogP contribution is -2.48. The molecule has 6 rings (SSSR count). The lowest BCUT2D eigenvalue weighted by molar-refractivity contribution is 0.0962. The highest BCUT2D eigenvalue weighted by Gasteiger charge is 2.30. The summed E-state index contributed by atoms with van der Waals surface area (Å²) < 4.78 is 14.8. The lowest BCUT2D eigenvalue weighted by atomic mass is 9.90. The van der Waals surface area contributed by atoms with E-state index < -0.39 is 0 Å². The van der Waals surface area contributed by atoms with Crippen molar-refractivity contribution >= 4 is 34.7 Å². The molecular weight excluding hydrogens is 582 g/mol. The average Bonchev–Trinajstić information content (AvgIpc) is 3.54. The van der Waals surface area contributed by atoms with Crippen LogP contribution in [0.15, 0.2) is 84.9 Å². The van der Waals surface area contributed by atoms with Gasteiger partial charge < -0.3 is 10.0 Å². The van der Waals surface area contributed by atoms with E-state index in [1.54, 1.807) is 30.3 Å². The molecule has 1 atom stereocenters. The molecular formula is C36H35Cl2FN2O2. The van der Waals surface area contributed by atoms with E-state index in [0.29, 0.717) is 70.8 Å². The summed E-state index contributed by atoms with van der Waals surface area (Å²) in [4.78, 5) is 17.9. The number of hydrogen-bond acceptors (Lipinski definition) is 4. The highest BCUT2D eigenvalue weighted by atomic mass is 35.5. The van der Waals surface area contributed by atoms with Crippen molar-refractivity contribution in [2.45, 2.75) is 38.1 Å². The Morgan fingerprint density at radius 2 is 1.63 bits per heavy atom. The molecule has 2 fully saturated rings. The fourth-order valence-electron chi connectivity index (χ4n) is 6.66. The lowest BCUT2D eigenvalue weighted by Gasteiger charge is -2.41. The predicted octanol–water partition coefficient (Wildman–Crippen LogP) is 9.18. The van der Waals surface area contributed by atoms with E-state index in [1.807, 2.05) is 48.5 Å². The van der Waals surface area contributed by atoms with Crippen molar-refractivity contribution in [1.29, 1.82) is 0 Å². The molecule has 4 nitrogen and oxygen atoms in total. The maximum Gasteiger partial charge on any atom is 0.163 e.